The minimum Gasteiger partial charge on any atom is -0.398 e. The lowest BCUT2D eigenvalue weighted by Gasteiger charge is -2.31. The van der Waals surface area contributed by atoms with Crippen LogP contribution in [0.2, 0.25) is 5.02 Å². The third kappa shape index (κ3) is 2.69. The fraction of sp³-hybridized carbons (Fsp3) is 0.417. The summed E-state index contributed by atoms with van der Waals surface area (Å²) in [6, 6.07) is 5.16. The van der Waals surface area contributed by atoms with Crippen molar-refractivity contribution >= 4 is 35.0 Å². The van der Waals surface area contributed by atoms with E-state index in [4.69, 9.17) is 17.3 Å². The minimum absolute atomic E-state index is 0.0553. The van der Waals surface area contributed by atoms with Crippen LogP contribution in [0.25, 0.3) is 0 Å². The van der Waals surface area contributed by atoms with Crippen LogP contribution in [0, 0.1) is 0 Å². The first-order chi connectivity index (χ1) is 8.09. The third-order valence-corrected chi connectivity index (χ3v) is 4.24. The number of benzene rings is 1. The van der Waals surface area contributed by atoms with E-state index in [9.17, 15) is 4.79 Å². The summed E-state index contributed by atoms with van der Waals surface area (Å²) >= 11 is 7.93. The molecule has 1 heterocycles. The molecule has 1 aliphatic rings. The van der Waals surface area contributed by atoms with Crippen LogP contribution < -0.4 is 5.73 Å². The van der Waals surface area contributed by atoms with Crippen molar-refractivity contribution in [2.75, 3.05) is 24.6 Å². The molecule has 1 aromatic carbocycles. The Labute approximate surface area is 110 Å². The Morgan fingerprint density at radius 1 is 1.59 bits per heavy atom. The van der Waals surface area contributed by atoms with Crippen LogP contribution in [0.3, 0.4) is 0 Å². The van der Waals surface area contributed by atoms with Crippen molar-refractivity contribution in [1.82, 2.24) is 4.90 Å². The number of nitrogen functional groups attached to an aromatic ring is 1. The smallest absolute Gasteiger partial charge is 0.257 e. The number of amides is 1. The molecule has 1 aromatic rings. The number of rotatable bonds is 1. The van der Waals surface area contributed by atoms with Gasteiger partial charge in [-0.05, 0) is 12.1 Å². The number of carbonyl (C=O) groups is 1. The zero-order chi connectivity index (χ0) is 12.4. The van der Waals surface area contributed by atoms with E-state index in [1.807, 2.05) is 16.7 Å². The lowest BCUT2D eigenvalue weighted by atomic mass is 10.1. The molecule has 17 heavy (non-hydrogen) atoms. The van der Waals surface area contributed by atoms with Gasteiger partial charge in [0.2, 0.25) is 0 Å². The second-order valence-electron chi connectivity index (χ2n) is 4.14. The molecule has 92 valence electrons. The zero-order valence-electron chi connectivity index (χ0n) is 9.65. The van der Waals surface area contributed by atoms with Crippen LogP contribution in [0.4, 0.5) is 5.69 Å². The Morgan fingerprint density at radius 3 is 3.00 bits per heavy atom. The van der Waals surface area contributed by atoms with Gasteiger partial charge in [0, 0.05) is 29.8 Å². The number of hydrogen-bond donors (Lipinski definition) is 1. The molecule has 3 nitrogen and oxygen atoms in total. The number of thioether (sulfide) groups is 1. The molecule has 0 radical (unpaired) electrons. The van der Waals surface area contributed by atoms with Crippen molar-refractivity contribution in [1.29, 1.82) is 0 Å². The molecule has 0 saturated carbocycles. The molecule has 2 rings (SSSR count). The average Bonchev–Trinajstić information content (AvgIpc) is 2.28. The van der Waals surface area contributed by atoms with Gasteiger partial charge < -0.3 is 10.6 Å². The summed E-state index contributed by atoms with van der Waals surface area (Å²) in [5.74, 6) is 0.914. The fourth-order valence-electron chi connectivity index (χ4n) is 1.93. The summed E-state index contributed by atoms with van der Waals surface area (Å²) < 4.78 is 0. The molecule has 1 aliphatic heterocycles. The van der Waals surface area contributed by atoms with Crippen molar-refractivity contribution in [3.63, 3.8) is 0 Å². The zero-order valence-corrected chi connectivity index (χ0v) is 11.2. The summed E-state index contributed by atoms with van der Waals surface area (Å²) in [6.45, 7) is 3.65. The van der Waals surface area contributed by atoms with E-state index in [1.54, 1.807) is 18.2 Å². The lowest BCUT2D eigenvalue weighted by Crippen LogP contribution is -2.41. The standard InChI is InChI=1S/C12H15ClN2OS/c1-8-7-15(5-6-17-8)12(16)11-9(13)3-2-4-10(11)14/h2-4,8H,5-7,14H2,1H3. The van der Waals surface area contributed by atoms with Gasteiger partial charge in [-0.2, -0.15) is 11.8 Å². The van der Waals surface area contributed by atoms with E-state index < -0.39 is 0 Å². The molecule has 0 spiro atoms. The monoisotopic (exact) mass is 270 g/mol. The van der Waals surface area contributed by atoms with E-state index in [1.165, 1.54) is 0 Å². The topological polar surface area (TPSA) is 46.3 Å². The Morgan fingerprint density at radius 2 is 2.35 bits per heavy atom. The van der Waals surface area contributed by atoms with Gasteiger partial charge >= 0.3 is 0 Å². The maximum absolute atomic E-state index is 12.3. The van der Waals surface area contributed by atoms with Gasteiger partial charge in [-0.3, -0.25) is 4.79 Å². The van der Waals surface area contributed by atoms with E-state index in [0.29, 0.717) is 21.5 Å². The van der Waals surface area contributed by atoms with Gasteiger partial charge in [-0.1, -0.05) is 24.6 Å². The van der Waals surface area contributed by atoms with Gasteiger partial charge in [0.05, 0.1) is 10.6 Å². The number of nitrogens with two attached hydrogens (primary N) is 1. The first-order valence-electron chi connectivity index (χ1n) is 5.54. The number of halogens is 1. The number of carbonyl (C=O) groups excluding carboxylic acids is 1. The van der Waals surface area contributed by atoms with Crippen molar-refractivity contribution < 1.29 is 4.79 Å². The van der Waals surface area contributed by atoms with E-state index in [-0.39, 0.29) is 5.91 Å². The summed E-state index contributed by atoms with van der Waals surface area (Å²) in [7, 11) is 0. The predicted molar refractivity (Wildman–Crippen MR) is 73.7 cm³/mol. The van der Waals surface area contributed by atoms with Crippen LogP contribution in [0.1, 0.15) is 17.3 Å². The molecular weight excluding hydrogens is 256 g/mol. The second kappa shape index (κ2) is 5.19. The summed E-state index contributed by atoms with van der Waals surface area (Å²) in [5, 5.41) is 0.900. The summed E-state index contributed by atoms with van der Waals surface area (Å²) in [6.07, 6.45) is 0. The normalized spacial score (nSPS) is 20.4. The molecule has 1 saturated heterocycles. The maximum Gasteiger partial charge on any atom is 0.257 e. The lowest BCUT2D eigenvalue weighted by molar-refractivity contribution is 0.0764. The second-order valence-corrected chi connectivity index (χ2v) is 6.09. The summed E-state index contributed by atoms with van der Waals surface area (Å²) in [4.78, 5) is 14.2. The first-order valence-corrected chi connectivity index (χ1v) is 6.97. The predicted octanol–water partition coefficient (Wildman–Crippen LogP) is 2.50. The van der Waals surface area contributed by atoms with Crippen LogP contribution in [-0.4, -0.2) is 34.9 Å². The maximum atomic E-state index is 12.3. The Kier molecular flexibility index (Phi) is 3.84. The Hall–Kier alpha value is -0.870. The Balaban J connectivity index is 2.24. The first kappa shape index (κ1) is 12.6. The van der Waals surface area contributed by atoms with Gasteiger partial charge in [0.1, 0.15) is 0 Å². The van der Waals surface area contributed by atoms with E-state index >= 15 is 0 Å². The van der Waals surface area contributed by atoms with Crippen molar-refractivity contribution in [3.05, 3.63) is 28.8 Å². The highest BCUT2D eigenvalue weighted by molar-refractivity contribution is 7.99. The molecule has 0 aromatic heterocycles. The SMILES string of the molecule is CC1CN(C(=O)c2c(N)cccc2Cl)CCS1. The van der Waals surface area contributed by atoms with Crippen LogP contribution in [-0.2, 0) is 0 Å². The largest absolute Gasteiger partial charge is 0.398 e. The van der Waals surface area contributed by atoms with Gasteiger partial charge in [-0.25, -0.2) is 0 Å². The van der Waals surface area contributed by atoms with Crippen LogP contribution >= 0.6 is 23.4 Å². The molecule has 0 bridgehead atoms. The number of hydrogen-bond acceptors (Lipinski definition) is 3. The third-order valence-electron chi connectivity index (χ3n) is 2.79. The van der Waals surface area contributed by atoms with Crippen molar-refractivity contribution in [2.45, 2.75) is 12.2 Å². The molecule has 1 atom stereocenters. The highest BCUT2D eigenvalue weighted by Crippen LogP contribution is 2.26. The molecule has 5 heteroatoms. The summed E-state index contributed by atoms with van der Waals surface area (Å²) in [5.41, 5.74) is 6.72. The van der Waals surface area contributed by atoms with Gasteiger partial charge in [0.25, 0.3) is 5.91 Å². The van der Waals surface area contributed by atoms with Gasteiger partial charge in [-0.15, -0.1) is 0 Å². The molecule has 1 unspecified atom stereocenters. The molecule has 2 N–H and O–H groups in total. The van der Waals surface area contributed by atoms with E-state index in [0.717, 1.165) is 18.8 Å². The molecule has 1 amide bonds. The van der Waals surface area contributed by atoms with Crippen LogP contribution in [0.5, 0.6) is 0 Å². The average molecular weight is 271 g/mol. The highest BCUT2D eigenvalue weighted by Gasteiger charge is 2.25. The van der Waals surface area contributed by atoms with Gasteiger partial charge in [0.15, 0.2) is 0 Å². The van der Waals surface area contributed by atoms with Crippen molar-refractivity contribution in [2.24, 2.45) is 0 Å². The minimum atomic E-state index is -0.0553. The Bertz CT molecular complexity index is 418. The fourth-order valence-corrected chi connectivity index (χ4v) is 3.20. The highest BCUT2D eigenvalue weighted by atomic mass is 35.5. The molecule has 0 aliphatic carbocycles. The molecular formula is C12H15ClN2OS. The van der Waals surface area contributed by atoms with Crippen LogP contribution in [0.15, 0.2) is 18.2 Å². The number of nitrogens with zero attached hydrogens (tertiary/aromatic N) is 1. The molecule has 1 fully saturated rings. The number of anilines is 1. The quantitative estimate of drug-likeness (QED) is 0.798. The van der Waals surface area contributed by atoms with E-state index in [2.05, 4.69) is 6.92 Å². The van der Waals surface area contributed by atoms with Crippen molar-refractivity contribution in [3.8, 4) is 0 Å².